The fraction of sp³-hybridized carbons (Fsp3) is 0.261. The lowest BCUT2D eigenvalue weighted by molar-refractivity contribution is 0.0493. The van der Waals surface area contributed by atoms with Gasteiger partial charge >= 0.3 is 5.97 Å². The molecule has 0 aliphatic heterocycles. The Balaban J connectivity index is 1.69. The topological polar surface area (TPSA) is 99.5 Å². The molecule has 0 saturated heterocycles. The van der Waals surface area contributed by atoms with Crippen molar-refractivity contribution in [1.29, 1.82) is 0 Å². The number of carboxylic acid groups (broad SMARTS) is 1. The van der Waals surface area contributed by atoms with Gasteiger partial charge in [-0.3, -0.25) is 4.79 Å². The molecule has 1 heterocycles. The fourth-order valence-electron chi connectivity index (χ4n) is 3.93. The van der Waals surface area contributed by atoms with Gasteiger partial charge in [-0.05, 0) is 65.8 Å². The molecule has 1 amide bonds. The summed E-state index contributed by atoms with van der Waals surface area (Å²) in [6.07, 6.45) is 3.01. The number of thiazole rings is 1. The second-order valence-electron chi connectivity index (χ2n) is 8.18. The largest absolute Gasteiger partial charge is 0.478 e. The van der Waals surface area contributed by atoms with E-state index in [2.05, 4.69) is 24.1 Å². The number of carboxylic acids is 1. The van der Waals surface area contributed by atoms with Crippen molar-refractivity contribution < 1.29 is 19.8 Å². The first-order valence-corrected chi connectivity index (χ1v) is 10.5. The minimum absolute atomic E-state index is 0.125. The molecule has 1 aliphatic carbocycles. The Kier molecular flexibility index (Phi) is 4.95. The van der Waals surface area contributed by atoms with Gasteiger partial charge in [0, 0.05) is 22.8 Å². The average molecular weight is 423 g/mol. The average Bonchev–Trinajstić information content (AvgIpc) is 3.27. The number of carbonyl (C=O) groups is 2. The van der Waals surface area contributed by atoms with Crippen LogP contribution < -0.4 is 5.32 Å². The molecular formula is C23H22N2O4S. The van der Waals surface area contributed by atoms with Crippen LogP contribution in [0.15, 0.2) is 54.0 Å². The van der Waals surface area contributed by atoms with Crippen molar-refractivity contribution in [3.8, 4) is 0 Å². The number of hydrogen-bond acceptors (Lipinski definition) is 5. The first-order chi connectivity index (χ1) is 14.2. The Morgan fingerprint density at radius 1 is 1.03 bits per heavy atom. The van der Waals surface area contributed by atoms with Crippen LogP contribution in [0.1, 0.15) is 63.5 Å². The molecule has 0 spiro atoms. The summed E-state index contributed by atoms with van der Waals surface area (Å²) in [6, 6.07) is 11.4. The first kappa shape index (κ1) is 20.3. The van der Waals surface area contributed by atoms with E-state index in [-0.39, 0.29) is 16.9 Å². The van der Waals surface area contributed by atoms with Crippen molar-refractivity contribution in [2.45, 2.75) is 37.7 Å². The summed E-state index contributed by atoms with van der Waals surface area (Å²) in [5, 5.41) is 25.8. The number of aromatic nitrogens is 1. The molecule has 1 aromatic heterocycles. The van der Waals surface area contributed by atoms with Gasteiger partial charge in [0.15, 0.2) is 0 Å². The second-order valence-corrected chi connectivity index (χ2v) is 9.07. The van der Waals surface area contributed by atoms with Gasteiger partial charge in [-0.2, -0.15) is 0 Å². The number of anilines is 1. The van der Waals surface area contributed by atoms with Crippen LogP contribution in [0.25, 0.3) is 0 Å². The monoisotopic (exact) mass is 422 g/mol. The highest BCUT2D eigenvalue weighted by atomic mass is 32.1. The number of fused-ring (bicyclic) bond motifs is 1. The van der Waals surface area contributed by atoms with E-state index in [1.54, 1.807) is 30.5 Å². The number of aromatic carboxylic acids is 1. The van der Waals surface area contributed by atoms with Crippen LogP contribution in [0.3, 0.4) is 0 Å². The van der Waals surface area contributed by atoms with E-state index in [1.807, 2.05) is 11.4 Å². The third kappa shape index (κ3) is 3.51. The van der Waals surface area contributed by atoms with Crippen LogP contribution in [-0.2, 0) is 11.0 Å². The molecule has 154 valence electrons. The van der Waals surface area contributed by atoms with Crippen LogP contribution in [0, 0.1) is 0 Å². The Morgan fingerprint density at radius 3 is 2.37 bits per heavy atom. The Labute approximate surface area is 178 Å². The van der Waals surface area contributed by atoms with E-state index in [9.17, 15) is 14.7 Å². The summed E-state index contributed by atoms with van der Waals surface area (Å²) < 4.78 is 0. The minimum atomic E-state index is -1.22. The molecule has 0 saturated carbocycles. The number of aliphatic hydroxyl groups is 1. The Bertz CT molecular complexity index is 1110. The van der Waals surface area contributed by atoms with Crippen LogP contribution in [0.5, 0.6) is 0 Å². The predicted molar refractivity (Wildman–Crippen MR) is 115 cm³/mol. The smallest absolute Gasteiger partial charge is 0.335 e. The van der Waals surface area contributed by atoms with E-state index < -0.39 is 11.6 Å². The molecule has 1 aliphatic rings. The number of nitrogens with zero attached hydrogens (tertiary/aromatic N) is 1. The molecule has 0 fully saturated rings. The molecule has 4 rings (SSSR count). The fourth-order valence-corrected chi connectivity index (χ4v) is 4.71. The number of rotatable bonds is 4. The van der Waals surface area contributed by atoms with Gasteiger partial charge in [-0.15, -0.1) is 11.3 Å². The second kappa shape index (κ2) is 7.34. The van der Waals surface area contributed by atoms with E-state index in [0.717, 1.165) is 12.0 Å². The number of amides is 1. The van der Waals surface area contributed by atoms with Crippen LogP contribution in [-0.4, -0.2) is 27.1 Å². The number of hydrogen-bond donors (Lipinski definition) is 3. The molecule has 30 heavy (non-hydrogen) atoms. The summed E-state index contributed by atoms with van der Waals surface area (Å²) in [5.41, 5.74) is 1.44. The van der Waals surface area contributed by atoms with Gasteiger partial charge in [0.25, 0.3) is 5.91 Å². The predicted octanol–water partition coefficient (Wildman–Crippen LogP) is 4.40. The number of nitrogens with one attached hydrogen (secondary N) is 1. The third-order valence-electron chi connectivity index (χ3n) is 5.74. The quantitative estimate of drug-likeness (QED) is 0.579. The maximum absolute atomic E-state index is 12.9. The molecular weight excluding hydrogens is 400 g/mol. The van der Waals surface area contributed by atoms with Gasteiger partial charge in [0.1, 0.15) is 10.6 Å². The highest BCUT2D eigenvalue weighted by molar-refractivity contribution is 7.09. The van der Waals surface area contributed by atoms with Gasteiger partial charge in [-0.1, -0.05) is 19.9 Å². The van der Waals surface area contributed by atoms with Crippen molar-refractivity contribution in [1.82, 2.24) is 4.98 Å². The van der Waals surface area contributed by atoms with Gasteiger partial charge < -0.3 is 15.5 Å². The van der Waals surface area contributed by atoms with Crippen molar-refractivity contribution in [3.63, 3.8) is 0 Å². The van der Waals surface area contributed by atoms with Crippen molar-refractivity contribution >= 4 is 28.9 Å². The van der Waals surface area contributed by atoms with Gasteiger partial charge in [0.05, 0.1) is 5.56 Å². The summed E-state index contributed by atoms with van der Waals surface area (Å²) in [7, 11) is 0. The van der Waals surface area contributed by atoms with E-state index in [4.69, 9.17) is 5.11 Å². The zero-order valence-electron chi connectivity index (χ0n) is 16.7. The van der Waals surface area contributed by atoms with Crippen LogP contribution >= 0.6 is 11.3 Å². The number of benzene rings is 2. The normalized spacial score (nSPS) is 19.7. The molecule has 7 heteroatoms. The van der Waals surface area contributed by atoms with Crippen LogP contribution in [0.4, 0.5) is 5.69 Å². The lowest BCUT2D eigenvalue weighted by Gasteiger charge is -2.41. The minimum Gasteiger partial charge on any atom is -0.478 e. The molecule has 3 aromatic rings. The SMILES string of the molecule is CC1(C)CCC(O)(c2nccs2)c2cc(C(=O)Nc3ccc(C(=O)O)cc3)ccc21. The maximum atomic E-state index is 12.9. The van der Waals surface area contributed by atoms with Gasteiger partial charge in [0.2, 0.25) is 0 Å². The summed E-state index contributed by atoms with van der Waals surface area (Å²) in [6.45, 7) is 4.27. The standard InChI is InChI=1S/C23H22N2O4S/c1-22(2)9-10-23(29,21-24-11-12-30-21)18-13-15(5-8-17(18)22)19(26)25-16-6-3-14(4-7-16)20(27)28/h3-8,11-13,29H,9-10H2,1-2H3,(H,25,26)(H,27,28). The molecule has 1 unspecified atom stereocenters. The lowest BCUT2D eigenvalue weighted by atomic mass is 9.66. The summed E-state index contributed by atoms with van der Waals surface area (Å²) in [5.74, 6) is -1.35. The highest BCUT2D eigenvalue weighted by Crippen LogP contribution is 2.48. The zero-order chi connectivity index (χ0) is 21.5. The highest BCUT2D eigenvalue weighted by Gasteiger charge is 2.44. The van der Waals surface area contributed by atoms with Crippen molar-refractivity contribution in [2.75, 3.05) is 5.32 Å². The number of carbonyl (C=O) groups excluding carboxylic acids is 1. The molecule has 0 bridgehead atoms. The Morgan fingerprint density at radius 2 is 1.73 bits per heavy atom. The zero-order valence-corrected chi connectivity index (χ0v) is 17.5. The molecule has 1 atom stereocenters. The summed E-state index contributed by atoms with van der Waals surface area (Å²) >= 11 is 1.40. The molecule has 3 N–H and O–H groups in total. The van der Waals surface area contributed by atoms with E-state index in [1.165, 1.54) is 23.5 Å². The molecule has 2 aromatic carbocycles. The molecule has 0 radical (unpaired) electrons. The van der Waals surface area contributed by atoms with E-state index >= 15 is 0 Å². The first-order valence-electron chi connectivity index (χ1n) is 9.63. The summed E-state index contributed by atoms with van der Waals surface area (Å²) in [4.78, 5) is 28.2. The Hall–Kier alpha value is -3.03. The van der Waals surface area contributed by atoms with Gasteiger partial charge in [-0.25, -0.2) is 9.78 Å². The maximum Gasteiger partial charge on any atom is 0.335 e. The van der Waals surface area contributed by atoms with Crippen LogP contribution in [0.2, 0.25) is 0 Å². The lowest BCUT2D eigenvalue weighted by Crippen LogP contribution is -2.38. The molecule has 6 nitrogen and oxygen atoms in total. The third-order valence-corrected chi connectivity index (χ3v) is 6.67. The van der Waals surface area contributed by atoms with Crippen molar-refractivity contribution in [3.05, 3.63) is 81.3 Å². The van der Waals surface area contributed by atoms with Crippen molar-refractivity contribution in [2.24, 2.45) is 0 Å². The van der Waals surface area contributed by atoms with E-state index in [0.29, 0.717) is 28.2 Å².